The Bertz CT molecular complexity index is 485. The van der Waals surface area contributed by atoms with Gasteiger partial charge in [-0.15, -0.1) is 0 Å². The van der Waals surface area contributed by atoms with Gasteiger partial charge in [-0.25, -0.2) is 0 Å². The fourth-order valence-corrected chi connectivity index (χ4v) is 2.74. The summed E-state index contributed by atoms with van der Waals surface area (Å²) in [5, 5.41) is 17.7. The van der Waals surface area contributed by atoms with Crippen molar-refractivity contribution < 1.29 is 4.92 Å². The summed E-state index contributed by atoms with van der Waals surface area (Å²) >= 11 is 0. The van der Waals surface area contributed by atoms with Crippen LogP contribution < -0.4 is 10.6 Å². The molecule has 6 heteroatoms. The molecule has 1 fully saturated rings. The third-order valence-corrected chi connectivity index (χ3v) is 4.01. The zero-order chi connectivity index (χ0) is 15.2. The Morgan fingerprint density at radius 3 is 2.48 bits per heavy atom. The topological polar surface area (TPSA) is 70.4 Å². The van der Waals surface area contributed by atoms with E-state index in [4.69, 9.17) is 0 Å². The number of benzene rings is 1. The van der Waals surface area contributed by atoms with E-state index in [-0.39, 0.29) is 10.6 Å². The van der Waals surface area contributed by atoms with Crippen molar-refractivity contribution in [2.45, 2.75) is 19.8 Å². The quantitative estimate of drug-likeness (QED) is 0.623. The fourth-order valence-electron chi connectivity index (χ4n) is 2.74. The van der Waals surface area contributed by atoms with Gasteiger partial charge in [0, 0.05) is 13.1 Å². The first kappa shape index (κ1) is 15.6. The summed E-state index contributed by atoms with van der Waals surface area (Å²) in [4.78, 5) is 13.3. The molecule has 0 unspecified atom stereocenters. The van der Waals surface area contributed by atoms with Crippen LogP contribution in [0.4, 0.5) is 17.1 Å². The SMILES string of the molecule is CCNc1cccc(NCC2CCN(C)CC2)c1[N+](=O)[O-]. The Balaban J connectivity index is 2.05. The summed E-state index contributed by atoms with van der Waals surface area (Å²) in [6.07, 6.45) is 2.29. The lowest BCUT2D eigenvalue weighted by molar-refractivity contribution is -0.383. The second kappa shape index (κ2) is 7.26. The molecule has 0 aromatic heterocycles. The molecule has 1 aromatic rings. The maximum absolute atomic E-state index is 11.3. The van der Waals surface area contributed by atoms with E-state index in [1.54, 1.807) is 12.1 Å². The summed E-state index contributed by atoms with van der Waals surface area (Å²) in [6, 6.07) is 5.39. The van der Waals surface area contributed by atoms with Gasteiger partial charge in [-0.2, -0.15) is 0 Å². The maximum atomic E-state index is 11.3. The summed E-state index contributed by atoms with van der Waals surface area (Å²) < 4.78 is 0. The van der Waals surface area contributed by atoms with Gasteiger partial charge < -0.3 is 15.5 Å². The van der Waals surface area contributed by atoms with E-state index in [1.165, 1.54) is 0 Å². The van der Waals surface area contributed by atoms with Crippen LogP contribution in [0.3, 0.4) is 0 Å². The van der Waals surface area contributed by atoms with Crippen LogP contribution in [0.1, 0.15) is 19.8 Å². The van der Waals surface area contributed by atoms with Gasteiger partial charge in [0.1, 0.15) is 11.4 Å². The number of hydrogen-bond acceptors (Lipinski definition) is 5. The Morgan fingerprint density at radius 2 is 1.90 bits per heavy atom. The third-order valence-electron chi connectivity index (χ3n) is 4.01. The third kappa shape index (κ3) is 4.07. The molecule has 6 nitrogen and oxygen atoms in total. The molecule has 2 rings (SSSR count). The summed E-state index contributed by atoms with van der Waals surface area (Å²) in [5.74, 6) is 0.587. The van der Waals surface area contributed by atoms with Crippen molar-refractivity contribution in [2.75, 3.05) is 43.9 Å². The van der Waals surface area contributed by atoms with E-state index in [9.17, 15) is 10.1 Å². The Labute approximate surface area is 125 Å². The molecule has 0 radical (unpaired) electrons. The number of nitrogens with zero attached hydrogens (tertiary/aromatic N) is 2. The largest absolute Gasteiger partial charge is 0.380 e. The molecule has 0 amide bonds. The van der Waals surface area contributed by atoms with Gasteiger partial charge in [-0.3, -0.25) is 10.1 Å². The van der Waals surface area contributed by atoms with E-state index >= 15 is 0 Å². The number of piperidine rings is 1. The van der Waals surface area contributed by atoms with Gasteiger partial charge in [-0.05, 0) is 58.0 Å². The van der Waals surface area contributed by atoms with E-state index < -0.39 is 0 Å². The minimum Gasteiger partial charge on any atom is -0.380 e. The van der Waals surface area contributed by atoms with Crippen LogP contribution in [-0.2, 0) is 0 Å². The molecule has 1 heterocycles. The molecule has 0 bridgehead atoms. The average molecular weight is 292 g/mol. The van der Waals surface area contributed by atoms with Gasteiger partial charge in [-0.1, -0.05) is 6.07 Å². The van der Waals surface area contributed by atoms with Crippen molar-refractivity contribution in [2.24, 2.45) is 5.92 Å². The first-order chi connectivity index (χ1) is 10.1. The van der Waals surface area contributed by atoms with Gasteiger partial charge in [0.05, 0.1) is 4.92 Å². The number of nitro benzene ring substituents is 1. The van der Waals surface area contributed by atoms with Gasteiger partial charge >= 0.3 is 5.69 Å². The molecule has 1 aliphatic heterocycles. The first-order valence-corrected chi connectivity index (χ1v) is 7.55. The standard InChI is InChI=1S/C15H24N4O2/c1-3-16-13-5-4-6-14(15(13)19(20)21)17-11-12-7-9-18(2)10-8-12/h4-6,12,16-17H,3,7-11H2,1-2H3. The van der Waals surface area contributed by atoms with E-state index in [0.29, 0.717) is 23.8 Å². The van der Waals surface area contributed by atoms with Crippen molar-refractivity contribution in [3.05, 3.63) is 28.3 Å². The minimum absolute atomic E-state index is 0.146. The highest BCUT2D eigenvalue weighted by molar-refractivity contribution is 5.76. The lowest BCUT2D eigenvalue weighted by Crippen LogP contribution is -2.33. The molecule has 1 aromatic carbocycles. The van der Waals surface area contributed by atoms with Gasteiger partial charge in [0.25, 0.3) is 0 Å². The second-order valence-electron chi connectivity index (χ2n) is 5.62. The normalized spacial score (nSPS) is 16.7. The Hall–Kier alpha value is -1.82. The fraction of sp³-hybridized carbons (Fsp3) is 0.600. The van der Waals surface area contributed by atoms with Crippen LogP contribution in [-0.4, -0.2) is 43.0 Å². The van der Waals surface area contributed by atoms with E-state index in [1.807, 2.05) is 13.0 Å². The van der Waals surface area contributed by atoms with Gasteiger partial charge in [0.2, 0.25) is 0 Å². The molecular weight excluding hydrogens is 268 g/mol. The Morgan fingerprint density at radius 1 is 1.29 bits per heavy atom. The molecule has 0 aliphatic carbocycles. The van der Waals surface area contributed by atoms with Crippen LogP contribution >= 0.6 is 0 Å². The minimum atomic E-state index is -0.311. The predicted octanol–water partition coefficient (Wildman–Crippen LogP) is 2.78. The van der Waals surface area contributed by atoms with Crippen LogP contribution in [0.15, 0.2) is 18.2 Å². The van der Waals surface area contributed by atoms with Crippen molar-refractivity contribution in [1.82, 2.24) is 4.90 Å². The smallest absolute Gasteiger partial charge is 0.315 e. The zero-order valence-electron chi connectivity index (χ0n) is 12.8. The van der Waals surface area contributed by atoms with Gasteiger partial charge in [0.15, 0.2) is 0 Å². The molecular formula is C15H24N4O2. The molecule has 1 aliphatic rings. The predicted molar refractivity (Wildman–Crippen MR) is 86.0 cm³/mol. The Kier molecular flexibility index (Phi) is 5.38. The number of nitro groups is 1. The zero-order valence-corrected chi connectivity index (χ0v) is 12.8. The number of para-hydroxylation sites is 1. The number of nitrogens with one attached hydrogen (secondary N) is 2. The molecule has 2 N–H and O–H groups in total. The van der Waals surface area contributed by atoms with Crippen molar-refractivity contribution in [3.63, 3.8) is 0 Å². The number of likely N-dealkylation sites (tertiary alicyclic amines) is 1. The monoisotopic (exact) mass is 292 g/mol. The first-order valence-electron chi connectivity index (χ1n) is 7.55. The van der Waals surface area contributed by atoms with Crippen LogP contribution in [0.25, 0.3) is 0 Å². The van der Waals surface area contributed by atoms with Crippen molar-refractivity contribution in [3.8, 4) is 0 Å². The highest BCUT2D eigenvalue weighted by Gasteiger charge is 2.21. The number of anilines is 2. The number of rotatable bonds is 6. The average Bonchev–Trinajstić information content (AvgIpc) is 2.47. The van der Waals surface area contributed by atoms with Crippen LogP contribution in [0, 0.1) is 16.0 Å². The summed E-state index contributed by atoms with van der Waals surface area (Å²) in [5.41, 5.74) is 1.33. The lowest BCUT2D eigenvalue weighted by Gasteiger charge is -2.29. The molecule has 0 saturated carbocycles. The molecule has 21 heavy (non-hydrogen) atoms. The lowest BCUT2D eigenvalue weighted by atomic mass is 9.97. The number of hydrogen-bond donors (Lipinski definition) is 2. The van der Waals surface area contributed by atoms with Crippen molar-refractivity contribution in [1.29, 1.82) is 0 Å². The highest BCUT2D eigenvalue weighted by atomic mass is 16.6. The van der Waals surface area contributed by atoms with Crippen molar-refractivity contribution >= 4 is 17.1 Å². The molecule has 0 spiro atoms. The van der Waals surface area contributed by atoms with E-state index in [0.717, 1.165) is 32.5 Å². The molecule has 116 valence electrons. The van der Waals surface area contributed by atoms with Crippen LogP contribution in [0.5, 0.6) is 0 Å². The highest BCUT2D eigenvalue weighted by Crippen LogP contribution is 2.33. The van der Waals surface area contributed by atoms with E-state index in [2.05, 4.69) is 22.6 Å². The summed E-state index contributed by atoms with van der Waals surface area (Å²) in [6.45, 7) is 5.60. The maximum Gasteiger partial charge on any atom is 0.315 e. The molecule has 1 saturated heterocycles. The summed E-state index contributed by atoms with van der Waals surface area (Å²) in [7, 11) is 2.13. The van der Waals surface area contributed by atoms with Crippen LogP contribution in [0.2, 0.25) is 0 Å². The second-order valence-corrected chi connectivity index (χ2v) is 5.62. The molecule has 0 atom stereocenters.